The van der Waals surface area contributed by atoms with Gasteiger partial charge < -0.3 is 14.5 Å². The maximum Gasteiger partial charge on any atom is 0.152 e. The Morgan fingerprint density at radius 1 is 1.47 bits per heavy atom. The van der Waals surface area contributed by atoms with Crippen LogP contribution in [-0.4, -0.2) is 19.8 Å². The fraction of sp³-hybridized carbons (Fsp3) is 0.467. The molecule has 2 unspecified atom stereocenters. The molecule has 1 aliphatic rings. The Kier molecular flexibility index (Phi) is 3.78. The van der Waals surface area contributed by atoms with E-state index in [0.717, 1.165) is 42.9 Å². The molecular formula is C15H18ClNO2. The number of benzene rings is 1. The Balaban J connectivity index is 1.97. The van der Waals surface area contributed by atoms with Gasteiger partial charge in [0.2, 0.25) is 0 Å². The molecule has 0 saturated carbocycles. The van der Waals surface area contributed by atoms with E-state index in [1.165, 1.54) is 0 Å². The molecule has 19 heavy (non-hydrogen) atoms. The lowest BCUT2D eigenvalue weighted by molar-refractivity contribution is 0.173. The normalized spacial score (nSPS) is 21.1. The standard InChI is InChI=1S/C15H18ClNO2/c1-2-17-14(11-6-7-18-9-11)13-8-10-4-3-5-12(16)15(10)19-13/h3-5,8,11,14,17H,2,6-7,9H2,1H3. The monoisotopic (exact) mass is 279 g/mol. The highest BCUT2D eigenvalue weighted by Crippen LogP contribution is 2.34. The molecule has 0 amide bonds. The van der Waals surface area contributed by atoms with Crippen molar-refractivity contribution in [1.82, 2.24) is 5.32 Å². The van der Waals surface area contributed by atoms with Gasteiger partial charge in [0.15, 0.2) is 5.58 Å². The first-order valence-electron chi connectivity index (χ1n) is 6.78. The minimum Gasteiger partial charge on any atom is -0.458 e. The molecule has 2 aromatic rings. The van der Waals surface area contributed by atoms with Gasteiger partial charge in [-0.1, -0.05) is 30.7 Å². The lowest BCUT2D eigenvalue weighted by Crippen LogP contribution is -2.28. The quantitative estimate of drug-likeness (QED) is 0.925. The van der Waals surface area contributed by atoms with Crippen molar-refractivity contribution in [2.75, 3.05) is 19.8 Å². The van der Waals surface area contributed by atoms with E-state index in [2.05, 4.69) is 18.3 Å². The predicted octanol–water partition coefficient (Wildman–Crippen LogP) is 3.77. The fourth-order valence-electron chi connectivity index (χ4n) is 2.74. The zero-order chi connectivity index (χ0) is 13.2. The topological polar surface area (TPSA) is 34.4 Å². The number of para-hydroxylation sites is 1. The van der Waals surface area contributed by atoms with Crippen molar-refractivity contribution in [2.24, 2.45) is 5.92 Å². The van der Waals surface area contributed by atoms with Crippen molar-refractivity contribution in [2.45, 2.75) is 19.4 Å². The van der Waals surface area contributed by atoms with Gasteiger partial charge in [-0.25, -0.2) is 0 Å². The molecule has 1 N–H and O–H groups in total. The first-order chi connectivity index (χ1) is 9.29. The highest BCUT2D eigenvalue weighted by atomic mass is 35.5. The number of rotatable bonds is 4. The third kappa shape index (κ3) is 2.50. The molecule has 1 aliphatic heterocycles. The second kappa shape index (κ2) is 5.53. The molecule has 1 aromatic heterocycles. The van der Waals surface area contributed by atoms with Gasteiger partial charge in [0.05, 0.1) is 17.7 Å². The van der Waals surface area contributed by atoms with E-state index in [4.69, 9.17) is 20.8 Å². The van der Waals surface area contributed by atoms with Gasteiger partial charge in [0.25, 0.3) is 0 Å². The van der Waals surface area contributed by atoms with Crippen LogP contribution in [0.25, 0.3) is 11.0 Å². The molecule has 2 heterocycles. The van der Waals surface area contributed by atoms with Crippen molar-refractivity contribution in [3.63, 3.8) is 0 Å². The molecule has 0 bridgehead atoms. The summed E-state index contributed by atoms with van der Waals surface area (Å²) in [6.45, 7) is 4.65. The van der Waals surface area contributed by atoms with Gasteiger partial charge in [-0.3, -0.25) is 0 Å². The molecule has 0 spiro atoms. The average Bonchev–Trinajstić information content (AvgIpc) is 3.05. The van der Waals surface area contributed by atoms with Crippen LogP contribution in [0.4, 0.5) is 0 Å². The van der Waals surface area contributed by atoms with E-state index >= 15 is 0 Å². The van der Waals surface area contributed by atoms with Crippen LogP contribution in [0.2, 0.25) is 5.02 Å². The predicted molar refractivity (Wildman–Crippen MR) is 76.6 cm³/mol. The van der Waals surface area contributed by atoms with Crippen LogP contribution in [0.15, 0.2) is 28.7 Å². The van der Waals surface area contributed by atoms with Crippen LogP contribution in [0, 0.1) is 5.92 Å². The number of fused-ring (bicyclic) bond motifs is 1. The van der Waals surface area contributed by atoms with Crippen LogP contribution < -0.4 is 5.32 Å². The summed E-state index contributed by atoms with van der Waals surface area (Å²) in [6.07, 6.45) is 1.07. The van der Waals surface area contributed by atoms with E-state index in [0.29, 0.717) is 10.9 Å². The fourth-order valence-corrected chi connectivity index (χ4v) is 2.96. The van der Waals surface area contributed by atoms with Gasteiger partial charge in [-0.2, -0.15) is 0 Å². The van der Waals surface area contributed by atoms with E-state index in [9.17, 15) is 0 Å². The van der Waals surface area contributed by atoms with Crippen LogP contribution >= 0.6 is 11.6 Å². The molecule has 1 aromatic carbocycles. The summed E-state index contributed by atoms with van der Waals surface area (Å²) in [4.78, 5) is 0. The second-order valence-electron chi connectivity index (χ2n) is 4.97. The zero-order valence-electron chi connectivity index (χ0n) is 11.0. The molecule has 3 rings (SSSR count). The highest BCUT2D eigenvalue weighted by Gasteiger charge is 2.29. The molecule has 4 heteroatoms. The number of halogens is 1. The summed E-state index contributed by atoms with van der Waals surface area (Å²) in [7, 11) is 0. The van der Waals surface area contributed by atoms with Gasteiger partial charge in [0.1, 0.15) is 5.76 Å². The summed E-state index contributed by atoms with van der Waals surface area (Å²) < 4.78 is 11.5. The number of hydrogen-bond donors (Lipinski definition) is 1. The van der Waals surface area contributed by atoms with Gasteiger partial charge in [0, 0.05) is 17.9 Å². The minimum absolute atomic E-state index is 0.205. The van der Waals surface area contributed by atoms with Crippen molar-refractivity contribution >= 4 is 22.6 Å². The lowest BCUT2D eigenvalue weighted by Gasteiger charge is -2.20. The summed E-state index contributed by atoms with van der Waals surface area (Å²) in [6, 6.07) is 8.13. The Hall–Kier alpha value is -1.03. The van der Waals surface area contributed by atoms with E-state index in [-0.39, 0.29) is 6.04 Å². The maximum atomic E-state index is 6.17. The first-order valence-corrected chi connectivity index (χ1v) is 7.16. The number of hydrogen-bond acceptors (Lipinski definition) is 3. The molecule has 3 nitrogen and oxygen atoms in total. The molecule has 0 radical (unpaired) electrons. The first kappa shape index (κ1) is 13.0. The van der Waals surface area contributed by atoms with Crippen LogP contribution in [0.1, 0.15) is 25.1 Å². The largest absolute Gasteiger partial charge is 0.458 e. The number of ether oxygens (including phenoxy) is 1. The summed E-state index contributed by atoms with van der Waals surface area (Å²) in [5, 5.41) is 5.23. The van der Waals surface area contributed by atoms with Crippen LogP contribution in [0.5, 0.6) is 0 Å². The Morgan fingerprint density at radius 2 is 2.37 bits per heavy atom. The zero-order valence-corrected chi connectivity index (χ0v) is 11.7. The van der Waals surface area contributed by atoms with Gasteiger partial charge in [-0.15, -0.1) is 0 Å². The molecule has 0 aliphatic carbocycles. The summed E-state index contributed by atoms with van der Waals surface area (Å²) in [5.41, 5.74) is 0.779. The highest BCUT2D eigenvalue weighted by molar-refractivity contribution is 6.34. The van der Waals surface area contributed by atoms with E-state index in [1.54, 1.807) is 0 Å². The Labute approximate surface area is 117 Å². The summed E-state index contributed by atoms with van der Waals surface area (Å²) >= 11 is 6.17. The van der Waals surface area contributed by atoms with Crippen molar-refractivity contribution < 1.29 is 9.15 Å². The van der Waals surface area contributed by atoms with Crippen LogP contribution in [-0.2, 0) is 4.74 Å². The smallest absolute Gasteiger partial charge is 0.152 e. The van der Waals surface area contributed by atoms with E-state index in [1.807, 2.05) is 18.2 Å². The van der Waals surface area contributed by atoms with Crippen molar-refractivity contribution in [3.8, 4) is 0 Å². The molecule has 102 valence electrons. The third-order valence-electron chi connectivity index (χ3n) is 3.68. The third-order valence-corrected chi connectivity index (χ3v) is 3.98. The number of furan rings is 1. The van der Waals surface area contributed by atoms with Gasteiger partial charge in [-0.05, 0) is 25.1 Å². The maximum absolute atomic E-state index is 6.17. The van der Waals surface area contributed by atoms with Crippen molar-refractivity contribution in [3.05, 3.63) is 35.0 Å². The molecule has 1 saturated heterocycles. The van der Waals surface area contributed by atoms with Crippen LogP contribution in [0.3, 0.4) is 0 Å². The van der Waals surface area contributed by atoms with Crippen molar-refractivity contribution in [1.29, 1.82) is 0 Å². The SMILES string of the molecule is CCNC(c1cc2cccc(Cl)c2o1)C1CCOC1. The number of nitrogens with one attached hydrogen (secondary N) is 1. The molecular weight excluding hydrogens is 262 g/mol. The summed E-state index contributed by atoms with van der Waals surface area (Å²) in [5.74, 6) is 1.43. The van der Waals surface area contributed by atoms with Gasteiger partial charge >= 0.3 is 0 Å². The van der Waals surface area contributed by atoms with E-state index < -0.39 is 0 Å². The minimum atomic E-state index is 0.205. The Morgan fingerprint density at radius 3 is 3.05 bits per heavy atom. The lowest BCUT2D eigenvalue weighted by atomic mass is 9.96. The molecule has 2 atom stereocenters. The molecule has 1 fully saturated rings. The average molecular weight is 280 g/mol. The second-order valence-corrected chi connectivity index (χ2v) is 5.37. The Bertz CT molecular complexity index is 560.